The van der Waals surface area contributed by atoms with Gasteiger partial charge < -0.3 is 19.8 Å². The Morgan fingerprint density at radius 2 is 2.24 bits per heavy atom. The van der Waals surface area contributed by atoms with Crippen molar-refractivity contribution in [3.63, 3.8) is 0 Å². The van der Waals surface area contributed by atoms with Crippen LogP contribution in [0, 0.1) is 0 Å². The van der Waals surface area contributed by atoms with Crippen LogP contribution in [0.25, 0.3) is 0 Å². The van der Waals surface area contributed by atoms with Crippen LogP contribution in [0.2, 0.25) is 0 Å². The third-order valence-corrected chi connectivity index (χ3v) is 2.67. The lowest BCUT2D eigenvalue weighted by molar-refractivity contribution is 0.117. The summed E-state index contributed by atoms with van der Waals surface area (Å²) in [6, 6.07) is 0. The molecule has 1 aromatic heterocycles. The zero-order valence-electron chi connectivity index (χ0n) is 10.6. The zero-order valence-corrected chi connectivity index (χ0v) is 10.6. The number of nitrogens with zero attached hydrogens (tertiary/aromatic N) is 3. The van der Waals surface area contributed by atoms with E-state index >= 15 is 0 Å². The number of likely N-dealkylation sites (N-methyl/N-ethyl adjacent to an activating group) is 1. The van der Waals surface area contributed by atoms with Crippen LogP contribution in [0.3, 0.4) is 0 Å². The summed E-state index contributed by atoms with van der Waals surface area (Å²) in [5, 5.41) is 16.5. The standard InChI is InChI=1S/C11H22N4O2/c1-3-15(4-2)8-10(16)7-12-6-5-11-13-9-14-17-11/h9-10,12,16H,3-8H2,1-2H3. The van der Waals surface area contributed by atoms with Crippen LogP contribution in [0.5, 0.6) is 0 Å². The number of aliphatic hydroxyl groups excluding tert-OH is 1. The summed E-state index contributed by atoms with van der Waals surface area (Å²) in [7, 11) is 0. The molecular weight excluding hydrogens is 220 g/mol. The normalized spacial score (nSPS) is 13.2. The summed E-state index contributed by atoms with van der Waals surface area (Å²) in [6.45, 7) is 8.16. The summed E-state index contributed by atoms with van der Waals surface area (Å²) in [5.41, 5.74) is 0. The van der Waals surface area contributed by atoms with Crippen LogP contribution >= 0.6 is 0 Å². The van der Waals surface area contributed by atoms with Crippen molar-refractivity contribution in [1.29, 1.82) is 0 Å². The van der Waals surface area contributed by atoms with Gasteiger partial charge in [0.15, 0.2) is 6.33 Å². The topological polar surface area (TPSA) is 74.4 Å². The monoisotopic (exact) mass is 242 g/mol. The molecule has 0 fully saturated rings. The van der Waals surface area contributed by atoms with E-state index in [9.17, 15) is 5.11 Å². The lowest BCUT2D eigenvalue weighted by Crippen LogP contribution is -2.38. The molecule has 98 valence electrons. The van der Waals surface area contributed by atoms with Crippen LogP contribution in [-0.4, -0.2) is 59.0 Å². The van der Waals surface area contributed by atoms with Crippen molar-refractivity contribution < 1.29 is 9.63 Å². The molecular formula is C11H22N4O2. The van der Waals surface area contributed by atoms with E-state index in [-0.39, 0.29) is 6.10 Å². The first-order valence-electron chi connectivity index (χ1n) is 6.12. The quantitative estimate of drug-likeness (QED) is 0.589. The van der Waals surface area contributed by atoms with Crippen LogP contribution in [0.4, 0.5) is 0 Å². The highest BCUT2D eigenvalue weighted by Gasteiger charge is 2.08. The average Bonchev–Trinajstić information content (AvgIpc) is 2.84. The molecule has 0 aliphatic heterocycles. The number of hydrogen-bond donors (Lipinski definition) is 2. The molecule has 2 N–H and O–H groups in total. The first-order chi connectivity index (χ1) is 8.26. The summed E-state index contributed by atoms with van der Waals surface area (Å²) in [4.78, 5) is 6.12. The molecule has 17 heavy (non-hydrogen) atoms. The Kier molecular flexibility index (Phi) is 6.76. The lowest BCUT2D eigenvalue weighted by Gasteiger charge is -2.21. The summed E-state index contributed by atoms with van der Waals surface area (Å²) < 4.78 is 4.87. The lowest BCUT2D eigenvalue weighted by atomic mass is 10.3. The molecule has 1 unspecified atom stereocenters. The van der Waals surface area contributed by atoms with E-state index in [2.05, 4.69) is 34.2 Å². The minimum atomic E-state index is -0.336. The minimum Gasteiger partial charge on any atom is -0.390 e. The molecule has 0 aliphatic carbocycles. The van der Waals surface area contributed by atoms with Crippen molar-refractivity contribution in [2.24, 2.45) is 0 Å². The molecule has 1 rings (SSSR count). The van der Waals surface area contributed by atoms with Gasteiger partial charge in [0.1, 0.15) is 0 Å². The highest BCUT2D eigenvalue weighted by Crippen LogP contribution is 1.93. The fourth-order valence-corrected chi connectivity index (χ4v) is 1.61. The van der Waals surface area contributed by atoms with Gasteiger partial charge in [0.2, 0.25) is 5.89 Å². The van der Waals surface area contributed by atoms with Gasteiger partial charge in [0, 0.05) is 26.1 Å². The fraction of sp³-hybridized carbons (Fsp3) is 0.818. The van der Waals surface area contributed by atoms with Gasteiger partial charge in [-0.3, -0.25) is 0 Å². The maximum atomic E-state index is 9.78. The second-order valence-corrected chi connectivity index (χ2v) is 3.93. The Balaban J connectivity index is 2.05. The molecule has 6 heteroatoms. The largest absolute Gasteiger partial charge is 0.390 e. The van der Waals surface area contributed by atoms with Crippen molar-refractivity contribution in [2.45, 2.75) is 26.4 Å². The Bertz CT molecular complexity index is 275. The number of hydrogen-bond acceptors (Lipinski definition) is 6. The van der Waals surface area contributed by atoms with Gasteiger partial charge in [-0.05, 0) is 13.1 Å². The Morgan fingerprint density at radius 3 is 2.82 bits per heavy atom. The van der Waals surface area contributed by atoms with Crippen LogP contribution < -0.4 is 5.32 Å². The molecule has 6 nitrogen and oxygen atoms in total. The van der Waals surface area contributed by atoms with Gasteiger partial charge in [-0.1, -0.05) is 19.0 Å². The maximum Gasteiger partial charge on any atom is 0.227 e. The molecule has 0 spiro atoms. The molecule has 0 saturated heterocycles. The second kappa shape index (κ2) is 8.16. The van der Waals surface area contributed by atoms with Crippen molar-refractivity contribution in [1.82, 2.24) is 20.4 Å². The van der Waals surface area contributed by atoms with E-state index in [1.807, 2.05) is 0 Å². The highest BCUT2D eigenvalue weighted by atomic mass is 16.5. The van der Waals surface area contributed by atoms with Gasteiger partial charge in [0.25, 0.3) is 0 Å². The van der Waals surface area contributed by atoms with Gasteiger partial charge in [0.05, 0.1) is 6.10 Å². The van der Waals surface area contributed by atoms with Crippen molar-refractivity contribution in [3.8, 4) is 0 Å². The molecule has 1 heterocycles. The third kappa shape index (κ3) is 5.76. The molecule has 0 aliphatic rings. The third-order valence-electron chi connectivity index (χ3n) is 2.67. The first kappa shape index (κ1) is 14.1. The van der Waals surface area contributed by atoms with Crippen LogP contribution in [0.1, 0.15) is 19.7 Å². The maximum absolute atomic E-state index is 9.78. The Labute approximate surface area is 102 Å². The Hall–Kier alpha value is -0.980. The molecule has 1 atom stereocenters. The highest BCUT2D eigenvalue weighted by molar-refractivity contribution is 4.75. The van der Waals surface area contributed by atoms with Crippen molar-refractivity contribution >= 4 is 0 Å². The molecule has 0 radical (unpaired) electrons. The average molecular weight is 242 g/mol. The van der Waals surface area contributed by atoms with E-state index in [0.717, 1.165) is 19.6 Å². The smallest absolute Gasteiger partial charge is 0.227 e. The van der Waals surface area contributed by atoms with Crippen molar-refractivity contribution in [2.75, 3.05) is 32.7 Å². The summed E-state index contributed by atoms with van der Waals surface area (Å²) in [6.07, 6.45) is 1.75. The molecule has 0 aromatic carbocycles. The van der Waals surface area contributed by atoms with E-state index in [1.54, 1.807) is 0 Å². The predicted octanol–water partition coefficient (Wildman–Crippen LogP) is -0.0956. The minimum absolute atomic E-state index is 0.336. The van der Waals surface area contributed by atoms with Gasteiger partial charge in [-0.2, -0.15) is 4.98 Å². The summed E-state index contributed by atoms with van der Waals surface area (Å²) in [5.74, 6) is 0.621. The van der Waals surface area contributed by atoms with E-state index in [4.69, 9.17) is 4.52 Å². The number of aliphatic hydroxyl groups is 1. The predicted molar refractivity (Wildman–Crippen MR) is 64.7 cm³/mol. The number of aromatic nitrogens is 2. The second-order valence-electron chi connectivity index (χ2n) is 3.93. The first-order valence-corrected chi connectivity index (χ1v) is 6.12. The fourth-order valence-electron chi connectivity index (χ4n) is 1.61. The number of nitrogens with one attached hydrogen (secondary N) is 1. The SMILES string of the molecule is CCN(CC)CC(O)CNCCc1ncno1. The Morgan fingerprint density at radius 1 is 1.47 bits per heavy atom. The molecule has 1 aromatic rings. The molecule has 0 saturated carbocycles. The van der Waals surface area contributed by atoms with E-state index in [0.29, 0.717) is 25.4 Å². The van der Waals surface area contributed by atoms with E-state index < -0.39 is 0 Å². The van der Waals surface area contributed by atoms with Gasteiger partial charge >= 0.3 is 0 Å². The number of rotatable bonds is 9. The van der Waals surface area contributed by atoms with Gasteiger partial charge in [-0.25, -0.2) is 0 Å². The molecule has 0 amide bonds. The molecule has 0 bridgehead atoms. The van der Waals surface area contributed by atoms with Crippen LogP contribution in [-0.2, 0) is 6.42 Å². The van der Waals surface area contributed by atoms with Crippen molar-refractivity contribution in [3.05, 3.63) is 12.2 Å². The van der Waals surface area contributed by atoms with E-state index in [1.165, 1.54) is 6.33 Å². The zero-order chi connectivity index (χ0) is 12.5. The summed E-state index contributed by atoms with van der Waals surface area (Å²) >= 11 is 0. The van der Waals surface area contributed by atoms with Crippen LogP contribution in [0.15, 0.2) is 10.9 Å². The van der Waals surface area contributed by atoms with Gasteiger partial charge in [-0.15, -0.1) is 0 Å².